The number of ketones is 1. The molecule has 0 aliphatic heterocycles. The predicted octanol–water partition coefficient (Wildman–Crippen LogP) is 3.85. The lowest BCUT2D eigenvalue weighted by Crippen LogP contribution is -1.92. The van der Waals surface area contributed by atoms with Crippen molar-refractivity contribution in [3.8, 4) is 0 Å². The van der Waals surface area contributed by atoms with Crippen LogP contribution in [-0.2, 0) is 4.79 Å². The second-order valence-electron chi connectivity index (χ2n) is 3.43. The van der Waals surface area contributed by atoms with Crippen LogP contribution in [-0.4, -0.2) is 5.78 Å². The fourth-order valence-electron chi connectivity index (χ4n) is 1.08. The Hall–Kier alpha value is -1.37. The van der Waals surface area contributed by atoms with E-state index in [-0.39, 0.29) is 7.21 Å². The van der Waals surface area contributed by atoms with Gasteiger partial charge in [0.1, 0.15) is 0 Å². The van der Waals surface area contributed by atoms with Gasteiger partial charge in [-0.2, -0.15) is 0 Å². The van der Waals surface area contributed by atoms with Gasteiger partial charge < -0.3 is 0 Å². The molecule has 0 saturated heterocycles. The zero-order valence-corrected chi connectivity index (χ0v) is 9.48. The molecule has 0 unspecified atom stereocenters. The molecule has 0 aromatic heterocycles. The molecule has 14 heavy (non-hydrogen) atoms. The molecule has 0 heterocycles. The predicted molar refractivity (Wildman–Crippen MR) is 64.3 cm³/mol. The molecule has 0 aliphatic carbocycles. The molecule has 1 nitrogen and oxygen atoms in total. The van der Waals surface area contributed by atoms with Crippen LogP contribution in [0, 0.1) is 0 Å². The summed E-state index contributed by atoms with van der Waals surface area (Å²) < 4.78 is 0. The summed E-state index contributed by atoms with van der Waals surface area (Å²) in [6, 6.07) is 0. The van der Waals surface area contributed by atoms with Gasteiger partial charge in [-0.15, -0.1) is 0 Å². The largest absolute Gasteiger partial charge is 0.295 e. The van der Waals surface area contributed by atoms with Crippen LogP contribution in [0.4, 0.5) is 0 Å². The zero-order valence-electron chi connectivity index (χ0n) is 9.48. The number of hydrogen-bond donors (Lipinski definition) is 0. The quantitative estimate of drug-likeness (QED) is 0.488. The first-order valence-electron chi connectivity index (χ1n) is 4.58. The molecule has 0 rings (SSSR count). The average molecular weight is 192 g/mol. The van der Waals surface area contributed by atoms with Crippen molar-refractivity contribution in [1.29, 1.82) is 0 Å². The van der Waals surface area contributed by atoms with E-state index in [2.05, 4.69) is 13.2 Å². The molecule has 0 fully saturated rings. The lowest BCUT2D eigenvalue weighted by Gasteiger charge is -2.08. The zero-order chi connectivity index (χ0) is 11.3. The molecular formula is C13H20O. The third kappa shape index (κ3) is 3.56. The summed E-state index contributed by atoms with van der Waals surface area (Å²) in [6.45, 7) is 15.0. The fourth-order valence-corrected chi connectivity index (χ4v) is 1.08. The van der Waals surface area contributed by atoms with Crippen LogP contribution in [0.2, 0.25) is 0 Å². The summed E-state index contributed by atoms with van der Waals surface area (Å²) >= 11 is 0. The molecule has 0 saturated carbocycles. The van der Waals surface area contributed by atoms with E-state index in [4.69, 9.17) is 0 Å². The number of carbonyl (C=O) groups is 1. The van der Waals surface area contributed by atoms with Crippen molar-refractivity contribution in [2.75, 3.05) is 0 Å². The highest BCUT2D eigenvalue weighted by Gasteiger charge is 2.02. The van der Waals surface area contributed by atoms with Crippen molar-refractivity contribution in [2.24, 2.45) is 0 Å². The molecule has 0 aromatic rings. The van der Waals surface area contributed by atoms with Gasteiger partial charge in [-0.25, -0.2) is 0 Å². The monoisotopic (exact) mass is 192 g/mol. The van der Waals surface area contributed by atoms with Crippen LogP contribution in [0.25, 0.3) is 0 Å². The molecule has 78 valence electrons. The van der Waals surface area contributed by atoms with Gasteiger partial charge in [0, 0.05) is 1.43 Å². The minimum Gasteiger partial charge on any atom is -0.295 e. The van der Waals surface area contributed by atoms with Crippen LogP contribution in [0.5, 0.6) is 0 Å². The van der Waals surface area contributed by atoms with Crippen molar-refractivity contribution in [2.45, 2.75) is 27.7 Å². The Morgan fingerprint density at radius 3 is 2.07 bits per heavy atom. The second-order valence-corrected chi connectivity index (χ2v) is 3.43. The van der Waals surface area contributed by atoms with Crippen LogP contribution >= 0.6 is 0 Å². The molecule has 0 atom stereocenters. The second kappa shape index (κ2) is 5.38. The highest BCUT2D eigenvalue weighted by atomic mass is 16.1. The van der Waals surface area contributed by atoms with Crippen molar-refractivity contribution in [1.82, 2.24) is 0 Å². The Morgan fingerprint density at radius 2 is 1.71 bits per heavy atom. The first-order chi connectivity index (χ1) is 6.40. The first kappa shape index (κ1) is 12.6. The van der Waals surface area contributed by atoms with Crippen LogP contribution in [0.1, 0.15) is 29.1 Å². The van der Waals surface area contributed by atoms with E-state index in [1.54, 1.807) is 12.2 Å². The Labute approximate surface area is 88.0 Å². The van der Waals surface area contributed by atoms with Gasteiger partial charge >= 0.3 is 0 Å². The van der Waals surface area contributed by atoms with Gasteiger partial charge in [-0.1, -0.05) is 19.2 Å². The van der Waals surface area contributed by atoms with Gasteiger partial charge in [0.2, 0.25) is 0 Å². The lowest BCUT2D eigenvalue weighted by atomic mass is 9.97. The molecular weight excluding hydrogens is 172 g/mol. The van der Waals surface area contributed by atoms with Crippen molar-refractivity contribution >= 4 is 5.78 Å². The maximum Gasteiger partial charge on any atom is 0.152 e. The smallest absolute Gasteiger partial charge is 0.152 e. The number of allylic oxidation sites excluding steroid dienone is 6. The van der Waals surface area contributed by atoms with E-state index in [0.29, 0.717) is 0 Å². The summed E-state index contributed by atoms with van der Waals surface area (Å²) in [6.07, 6.45) is 3.39. The molecule has 0 N–H and O–H groups in total. The summed E-state index contributed by atoms with van der Waals surface area (Å²) in [7, 11) is 0. The maximum atomic E-state index is 10.9. The average Bonchev–Trinajstić information content (AvgIpc) is 2.13. The number of rotatable bonds is 4. The number of carbonyl (C=O) groups excluding carboxylic acids is 1. The van der Waals surface area contributed by atoms with E-state index in [1.165, 1.54) is 6.92 Å². The molecule has 0 spiro atoms. The lowest BCUT2D eigenvalue weighted by molar-refractivity contribution is -0.112. The summed E-state index contributed by atoms with van der Waals surface area (Å²) in [4.78, 5) is 10.9. The Balaban J connectivity index is 0. The minimum absolute atomic E-state index is 0. The topological polar surface area (TPSA) is 17.1 Å². The van der Waals surface area contributed by atoms with Gasteiger partial charge in [0.15, 0.2) is 5.78 Å². The van der Waals surface area contributed by atoms with Gasteiger partial charge in [-0.3, -0.25) is 4.79 Å². The normalized spacial score (nSPS) is 13.3. The van der Waals surface area contributed by atoms with Gasteiger partial charge in [0.25, 0.3) is 0 Å². The van der Waals surface area contributed by atoms with Gasteiger partial charge in [-0.05, 0) is 56.1 Å². The summed E-state index contributed by atoms with van der Waals surface area (Å²) in [5.41, 5.74) is 3.98. The standard InChI is InChI=1S/C13H18O.H2/c1-7-9(2)12(5)13(6)10(3)8-11(4)14;/h7-8H,1,6H2,2-5H3;1H/b10-8-,12-9-;. The Kier molecular flexibility index (Phi) is 4.85. The van der Waals surface area contributed by atoms with Gasteiger partial charge in [0.05, 0.1) is 0 Å². The molecule has 0 aromatic carbocycles. The molecule has 0 aliphatic rings. The van der Waals surface area contributed by atoms with E-state index < -0.39 is 0 Å². The van der Waals surface area contributed by atoms with E-state index in [0.717, 1.165) is 22.3 Å². The van der Waals surface area contributed by atoms with Crippen LogP contribution in [0.3, 0.4) is 0 Å². The van der Waals surface area contributed by atoms with E-state index in [9.17, 15) is 4.79 Å². The molecule has 1 heteroatoms. The minimum atomic E-state index is 0. The third-order valence-corrected chi connectivity index (χ3v) is 2.25. The molecule has 0 bridgehead atoms. The third-order valence-electron chi connectivity index (χ3n) is 2.25. The highest BCUT2D eigenvalue weighted by Crippen LogP contribution is 2.20. The van der Waals surface area contributed by atoms with Crippen molar-refractivity contribution in [3.63, 3.8) is 0 Å². The first-order valence-corrected chi connectivity index (χ1v) is 4.58. The molecule has 0 amide bonds. The van der Waals surface area contributed by atoms with Crippen molar-refractivity contribution < 1.29 is 6.22 Å². The highest BCUT2D eigenvalue weighted by molar-refractivity contribution is 5.88. The fraction of sp³-hybridized carbons (Fsp3) is 0.308. The van der Waals surface area contributed by atoms with Crippen LogP contribution in [0.15, 0.2) is 47.6 Å². The summed E-state index contributed by atoms with van der Waals surface area (Å²) in [5.74, 6) is 0.0488. The van der Waals surface area contributed by atoms with Crippen LogP contribution < -0.4 is 0 Å². The van der Waals surface area contributed by atoms with E-state index >= 15 is 0 Å². The Morgan fingerprint density at radius 1 is 1.21 bits per heavy atom. The molecule has 0 radical (unpaired) electrons. The van der Waals surface area contributed by atoms with Crippen molar-refractivity contribution in [3.05, 3.63) is 47.6 Å². The maximum absolute atomic E-state index is 10.9. The Bertz CT molecular complexity index is 332. The SMILES string of the molecule is C=C/C(C)=C(/C)C(=C)/C(C)=C\C(C)=O.[HH]. The summed E-state index contributed by atoms with van der Waals surface area (Å²) in [5, 5.41) is 0. The number of hydrogen-bond acceptors (Lipinski definition) is 1. The van der Waals surface area contributed by atoms with E-state index in [1.807, 2.05) is 20.8 Å².